The summed E-state index contributed by atoms with van der Waals surface area (Å²) in [5, 5.41) is 0. The highest BCUT2D eigenvalue weighted by molar-refractivity contribution is 8.11. The summed E-state index contributed by atoms with van der Waals surface area (Å²) in [5.41, 5.74) is 5.33. The summed E-state index contributed by atoms with van der Waals surface area (Å²) in [4.78, 5) is 11.4. The third-order valence-corrected chi connectivity index (χ3v) is 1.85. The molecule has 0 saturated heterocycles. The minimum atomic E-state index is -0.283. The van der Waals surface area contributed by atoms with Crippen molar-refractivity contribution in [2.45, 2.75) is 0 Å². The summed E-state index contributed by atoms with van der Waals surface area (Å²) in [7, 11) is 1.57. The van der Waals surface area contributed by atoms with Gasteiger partial charge in [-0.05, 0) is 24.3 Å². The van der Waals surface area contributed by atoms with Gasteiger partial charge in [-0.1, -0.05) is 12.2 Å². The van der Waals surface area contributed by atoms with Crippen LogP contribution < -0.4 is 15.6 Å². The predicted octanol–water partition coefficient (Wildman–Crippen LogP) is 1.14. The molecule has 1 amide bonds. The number of methoxy groups -OCH3 is 1. The van der Waals surface area contributed by atoms with Crippen LogP contribution in [0, 0.1) is 0 Å². The van der Waals surface area contributed by atoms with Crippen molar-refractivity contribution < 1.29 is 9.53 Å². The van der Waals surface area contributed by atoms with Gasteiger partial charge in [-0.25, -0.2) is 0 Å². The lowest BCUT2D eigenvalue weighted by atomic mass is 10.2. The van der Waals surface area contributed by atoms with Gasteiger partial charge in [-0.3, -0.25) is 15.6 Å². The van der Waals surface area contributed by atoms with Crippen molar-refractivity contribution in [2.24, 2.45) is 0 Å². The number of thiocarbonyl (C=S) groups is 1. The minimum absolute atomic E-state index is 0.205. The first kappa shape index (κ1) is 11.8. The van der Waals surface area contributed by atoms with Crippen LogP contribution in [0.3, 0.4) is 0 Å². The number of ether oxygens (including phenoxy) is 1. The second kappa shape index (κ2) is 5.57. The van der Waals surface area contributed by atoms with E-state index in [0.717, 1.165) is 0 Å². The fourth-order valence-electron chi connectivity index (χ4n) is 0.925. The molecule has 0 aliphatic heterocycles. The van der Waals surface area contributed by atoms with Gasteiger partial charge in [0.1, 0.15) is 10.1 Å². The van der Waals surface area contributed by atoms with Crippen LogP contribution in [0.5, 0.6) is 5.75 Å². The van der Waals surface area contributed by atoms with Gasteiger partial charge in [0, 0.05) is 5.56 Å². The maximum Gasteiger partial charge on any atom is 0.269 e. The first-order valence-electron chi connectivity index (χ1n) is 4.07. The lowest BCUT2D eigenvalue weighted by Crippen LogP contribution is -2.38. The molecule has 1 aromatic carbocycles. The Hall–Kier alpha value is -1.27. The zero-order valence-corrected chi connectivity index (χ0v) is 9.69. The Balaban J connectivity index is 2.62. The van der Waals surface area contributed by atoms with E-state index in [0.29, 0.717) is 11.3 Å². The molecular formula is C9H10N2O2S2. The smallest absolute Gasteiger partial charge is 0.269 e. The largest absolute Gasteiger partial charge is 0.497 e. The van der Waals surface area contributed by atoms with Crippen LogP contribution in [0.1, 0.15) is 10.4 Å². The number of hydrazine groups is 1. The highest BCUT2D eigenvalue weighted by Gasteiger charge is 2.04. The molecule has 0 bridgehead atoms. The first-order valence-corrected chi connectivity index (χ1v) is 4.92. The highest BCUT2D eigenvalue weighted by Crippen LogP contribution is 2.10. The Kier molecular flexibility index (Phi) is 4.38. The quantitative estimate of drug-likeness (QED) is 0.413. The molecule has 0 fully saturated rings. The number of hydrogen-bond donors (Lipinski definition) is 3. The standard InChI is InChI=1S/C9H10N2O2S2/c1-13-7-4-2-6(3-5-7)8(12)10-11-9(14)15/h2-5H,1H3,(H,10,12)(H2,11,14,15). The van der Waals surface area contributed by atoms with Crippen LogP contribution in [-0.2, 0) is 0 Å². The number of carbonyl (C=O) groups excluding carboxylic acids is 1. The molecule has 0 unspecified atom stereocenters. The monoisotopic (exact) mass is 242 g/mol. The van der Waals surface area contributed by atoms with Crippen LogP contribution in [0.25, 0.3) is 0 Å². The van der Waals surface area contributed by atoms with E-state index in [1.54, 1.807) is 31.4 Å². The van der Waals surface area contributed by atoms with Crippen LogP contribution in [0.2, 0.25) is 0 Å². The Morgan fingerprint density at radius 1 is 1.33 bits per heavy atom. The third-order valence-electron chi connectivity index (χ3n) is 1.64. The predicted molar refractivity (Wildman–Crippen MR) is 65.2 cm³/mol. The minimum Gasteiger partial charge on any atom is -0.497 e. The lowest BCUT2D eigenvalue weighted by molar-refractivity contribution is 0.0944. The number of thiol groups is 1. The summed E-state index contributed by atoms with van der Waals surface area (Å²) in [5.74, 6) is 0.415. The van der Waals surface area contributed by atoms with Gasteiger partial charge in [0.2, 0.25) is 0 Å². The SMILES string of the molecule is COc1ccc(C(=O)NNC(=S)S)cc1. The maximum atomic E-state index is 11.4. The molecule has 80 valence electrons. The average Bonchev–Trinajstić information content (AvgIpc) is 2.26. The number of amides is 1. The fraction of sp³-hybridized carbons (Fsp3) is 0.111. The Labute approximate surface area is 98.4 Å². The molecular weight excluding hydrogens is 232 g/mol. The van der Waals surface area contributed by atoms with E-state index in [1.165, 1.54) is 0 Å². The van der Waals surface area contributed by atoms with E-state index in [1.807, 2.05) is 0 Å². The summed E-state index contributed by atoms with van der Waals surface area (Å²) < 4.78 is 5.17. The normalized spacial score (nSPS) is 9.20. The molecule has 0 atom stereocenters. The Morgan fingerprint density at radius 2 is 1.93 bits per heavy atom. The molecule has 1 aromatic rings. The van der Waals surface area contributed by atoms with Gasteiger partial charge in [0.15, 0.2) is 0 Å². The zero-order valence-electron chi connectivity index (χ0n) is 7.98. The molecule has 15 heavy (non-hydrogen) atoms. The van der Waals surface area contributed by atoms with Crippen LogP contribution in [-0.4, -0.2) is 17.3 Å². The number of carbonyl (C=O) groups is 1. The van der Waals surface area contributed by atoms with Crippen molar-refractivity contribution in [3.63, 3.8) is 0 Å². The van der Waals surface area contributed by atoms with Crippen molar-refractivity contribution >= 4 is 35.1 Å². The summed E-state index contributed by atoms with van der Waals surface area (Å²) in [6, 6.07) is 6.71. The molecule has 0 radical (unpaired) electrons. The van der Waals surface area contributed by atoms with Gasteiger partial charge in [-0.15, -0.1) is 12.6 Å². The van der Waals surface area contributed by atoms with E-state index in [-0.39, 0.29) is 10.2 Å². The summed E-state index contributed by atoms with van der Waals surface area (Å²) in [6.45, 7) is 0. The molecule has 0 heterocycles. The van der Waals surface area contributed by atoms with Crippen molar-refractivity contribution in [3.8, 4) is 5.75 Å². The number of hydrogen-bond acceptors (Lipinski definition) is 3. The van der Waals surface area contributed by atoms with E-state index >= 15 is 0 Å². The van der Waals surface area contributed by atoms with Crippen molar-refractivity contribution in [3.05, 3.63) is 29.8 Å². The first-order chi connectivity index (χ1) is 7.13. The molecule has 6 heteroatoms. The molecule has 0 aromatic heterocycles. The zero-order chi connectivity index (χ0) is 11.3. The number of rotatable bonds is 2. The van der Waals surface area contributed by atoms with Gasteiger partial charge in [0.05, 0.1) is 7.11 Å². The average molecular weight is 242 g/mol. The van der Waals surface area contributed by atoms with Crippen LogP contribution in [0.15, 0.2) is 24.3 Å². The van der Waals surface area contributed by atoms with E-state index in [4.69, 9.17) is 4.74 Å². The molecule has 4 nitrogen and oxygen atoms in total. The summed E-state index contributed by atoms with van der Waals surface area (Å²) in [6.07, 6.45) is 0. The van der Waals surface area contributed by atoms with Gasteiger partial charge in [0.25, 0.3) is 5.91 Å². The Morgan fingerprint density at radius 3 is 2.40 bits per heavy atom. The van der Waals surface area contributed by atoms with E-state index in [9.17, 15) is 4.79 Å². The van der Waals surface area contributed by atoms with Gasteiger partial charge >= 0.3 is 0 Å². The summed E-state index contributed by atoms with van der Waals surface area (Å²) >= 11 is 8.42. The van der Waals surface area contributed by atoms with E-state index in [2.05, 4.69) is 35.7 Å². The second-order valence-corrected chi connectivity index (χ2v) is 3.77. The topological polar surface area (TPSA) is 50.4 Å². The number of nitrogens with one attached hydrogen (secondary N) is 2. The highest BCUT2D eigenvalue weighted by atomic mass is 32.1. The Bertz CT molecular complexity index is 365. The van der Waals surface area contributed by atoms with E-state index < -0.39 is 0 Å². The maximum absolute atomic E-state index is 11.4. The van der Waals surface area contributed by atoms with Crippen molar-refractivity contribution in [2.75, 3.05) is 7.11 Å². The molecule has 0 aliphatic carbocycles. The van der Waals surface area contributed by atoms with Crippen molar-refractivity contribution in [1.29, 1.82) is 0 Å². The van der Waals surface area contributed by atoms with Crippen LogP contribution >= 0.6 is 24.8 Å². The number of benzene rings is 1. The van der Waals surface area contributed by atoms with Crippen molar-refractivity contribution in [1.82, 2.24) is 10.9 Å². The molecule has 0 spiro atoms. The molecule has 0 saturated carbocycles. The lowest BCUT2D eigenvalue weighted by Gasteiger charge is -2.06. The molecule has 1 rings (SSSR count). The van der Waals surface area contributed by atoms with Gasteiger partial charge in [-0.2, -0.15) is 0 Å². The molecule has 0 aliphatic rings. The van der Waals surface area contributed by atoms with Crippen LogP contribution in [0.4, 0.5) is 0 Å². The fourth-order valence-corrected chi connectivity index (χ4v) is 1.03. The third kappa shape index (κ3) is 3.77. The molecule has 2 N–H and O–H groups in total. The van der Waals surface area contributed by atoms with Gasteiger partial charge < -0.3 is 4.74 Å². The second-order valence-electron chi connectivity index (χ2n) is 2.61.